The van der Waals surface area contributed by atoms with Crippen LogP contribution in [0.5, 0.6) is 0 Å². The molecule has 1 aliphatic heterocycles. The number of carbonyl (C=O) groups excluding carboxylic acids is 1. The molecule has 2 N–H and O–H groups in total. The molecule has 1 fully saturated rings. The number of nitrogens with one attached hydrogen (secondary N) is 2. The van der Waals surface area contributed by atoms with Crippen LogP contribution in [0.1, 0.15) is 39.5 Å². The van der Waals surface area contributed by atoms with E-state index in [-0.39, 0.29) is 18.1 Å². The molecular formula is C24H33N9O. The second kappa shape index (κ2) is 11.1. The van der Waals surface area contributed by atoms with Gasteiger partial charge in [0.25, 0.3) is 0 Å². The van der Waals surface area contributed by atoms with Crippen molar-refractivity contribution in [1.29, 1.82) is 5.26 Å². The van der Waals surface area contributed by atoms with Gasteiger partial charge in [-0.15, -0.1) is 0 Å². The van der Waals surface area contributed by atoms with Crippen molar-refractivity contribution in [3.63, 3.8) is 0 Å². The van der Waals surface area contributed by atoms with E-state index < -0.39 is 0 Å². The van der Waals surface area contributed by atoms with Crippen LogP contribution >= 0.6 is 0 Å². The summed E-state index contributed by atoms with van der Waals surface area (Å²) >= 11 is 0. The topological polar surface area (TPSA) is 119 Å². The van der Waals surface area contributed by atoms with E-state index in [4.69, 9.17) is 5.26 Å². The number of carbonyl (C=O) groups is 1. The molecule has 4 rings (SSSR count). The van der Waals surface area contributed by atoms with E-state index in [2.05, 4.69) is 43.3 Å². The molecule has 10 heteroatoms. The summed E-state index contributed by atoms with van der Waals surface area (Å²) in [6.07, 6.45) is 10.5. The highest BCUT2D eigenvalue weighted by Gasteiger charge is 2.27. The Morgan fingerprint density at radius 3 is 2.88 bits per heavy atom. The van der Waals surface area contributed by atoms with Gasteiger partial charge in [0.1, 0.15) is 12.0 Å². The van der Waals surface area contributed by atoms with Crippen molar-refractivity contribution >= 4 is 17.1 Å². The molecule has 0 saturated carbocycles. The molecule has 0 radical (unpaired) electrons. The highest BCUT2D eigenvalue weighted by atomic mass is 16.2. The van der Waals surface area contributed by atoms with Crippen molar-refractivity contribution in [2.24, 2.45) is 0 Å². The number of aromatic nitrogens is 5. The van der Waals surface area contributed by atoms with Gasteiger partial charge in [-0.05, 0) is 32.3 Å². The van der Waals surface area contributed by atoms with Gasteiger partial charge in [-0.1, -0.05) is 6.92 Å². The summed E-state index contributed by atoms with van der Waals surface area (Å²) in [6.45, 7) is 7.86. The minimum atomic E-state index is 0.0210. The molecule has 0 unspecified atom stereocenters. The van der Waals surface area contributed by atoms with Crippen molar-refractivity contribution in [3.05, 3.63) is 31.0 Å². The van der Waals surface area contributed by atoms with Crippen molar-refractivity contribution < 1.29 is 4.79 Å². The Hall–Kier alpha value is -3.45. The van der Waals surface area contributed by atoms with Crippen LogP contribution in [0.4, 0.5) is 4.79 Å². The summed E-state index contributed by atoms with van der Waals surface area (Å²) in [5.74, 6) is 0. The third-order valence-electron chi connectivity index (χ3n) is 6.58. The van der Waals surface area contributed by atoms with Crippen LogP contribution in [0, 0.1) is 11.3 Å². The molecule has 0 bridgehead atoms. The molecule has 1 aliphatic rings. The minimum absolute atomic E-state index is 0.0210. The lowest BCUT2D eigenvalue weighted by Crippen LogP contribution is -2.55. The fraction of sp³-hybridized carbons (Fsp3) is 0.542. The second-order valence-corrected chi connectivity index (χ2v) is 8.90. The summed E-state index contributed by atoms with van der Waals surface area (Å²) in [5.41, 5.74) is 2.62. The largest absolute Gasteiger partial charge is 0.346 e. The monoisotopic (exact) mass is 463 g/mol. The first-order chi connectivity index (χ1) is 16.6. The van der Waals surface area contributed by atoms with Crippen LogP contribution in [-0.4, -0.2) is 78.8 Å². The van der Waals surface area contributed by atoms with Gasteiger partial charge < -0.3 is 15.2 Å². The highest BCUT2D eigenvalue weighted by molar-refractivity contribution is 5.89. The molecular weight excluding hydrogens is 430 g/mol. The van der Waals surface area contributed by atoms with Crippen LogP contribution in [-0.2, 0) is 6.54 Å². The Kier molecular flexibility index (Phi) is 7.75. The van der Waals surface area contributed by atoms with Crippen LogP contribution in [0.2, 0.25) is 0 Å². The van der Waals surface area contributed by atoms with E-state index in [0.29, 0.717) is 19.5 Å². The number of H-pyrrole nitrogens is 1. The third kappa shape index (κ3) is 5.54. The molecule has 3 aromatic rings. The minimum Gasteiger partial charge on any atom is -0.346 e. The Balaban J connectivity index is 1.42. The molecule has 0 aromatic carbocycles. The van der Waals surface area contributed by atoms with Crippen LogP contribution < -0.4 is 5.32 Å². The van der Waals surface area contributed by atoms with Gasteiger partial charge in [-0.2, -0.15) is 10.4 Å². The third-order valence-corrected chi connectivity index (χ3v) is 6.58. The summed E-state index contributed by atoms with van der Waals surface area (Å²) in [6, 6.07) is 4.68. The molecule has 4 heterocycles. The summed E-state index contributed by atoms with van der Waals surface area (Å²) in [4.78, 5) is 28.7. The van der Waals surface area contributed by atoms with Gasteiger partial charge in [0.2, 0.25) is 0 Å². The lowest BCUT2D eigenvalue weighted by molar-refractivity contribution is 0.0927. The number of amides is 2. The summed E-state index contributed by atoms with van der Waals surface area (Å²) in [5, 5.41) is 17.7. The molecule has 0 spiro atoms. The lowest BCUT2D eigenvalue weighted by atomic mass is 10.1. The molecule has 34 heavy (non-hydrogen) atoms. The normalized spacial score (nSPS) is 16.3. The first-order valence-corrected chi connectivity index (χ1v) is 12.1. The average Bonchev–Trinajstić information content (AvgIpc) is 3.53. The maximum atomic E-state index is 12.5. The lowest BCUT2D eigenvalue weighted by Gasteiger charge is -2.39. The maximum Gasteiger partial charge on any atom is 0.317 e. The van der Waals surface area contributed by atoms with Crippen molar-refractivity contribution in [1.82, 2.24) is 39.8 Å². The summed E-state index contributed by atoms with van der Waals surface area (Å²) < 4.78 is 1.97. The molecule has 2 amide bonds. The summed E-state index contributed by atoms with van der Waals surface area (Å²) in [7, 11) is 0. The van der Waals surface area contributed by atoms with E-state index in [1.165, 1.54) is 0 Å². The van der Waals surface area contributed by atoms with Gasteiger partial charge in [0.15, 0.2) is 0 Å². The van der Waals surface area contributed by atoms with Crippen LogP contribution in [0.15, 0.2) is 31.0 Å². The zero-order valence-electron chi connectivity index (χ0n) is 19.9. The second-order valence-electron chi connectivity index (χ2n) is 8.90. The van der Waals surface area contributed by atoms with Crippen molar-refractivity contribution in [3.8, 4) is 17.3 Å². The van der Waals surface area contributed by atoms with E-state index in [1.807, 2.05) is 41.2 Å². The van der Waals surface area contributed by atoms with Crippen molar-refractivity contribution in [2.45, 2.75) is 58.2 Å². The number of nitriles is 1. The number of hydrogen-bond acceptors (Lipinski definition) is 6. The fourth-order valence-electron chi connectivity index (χ4n) is 4.40. The van der Waals surface area contributed by atoms with Gasteiger partial charge in [-0.3, -0.25) is 9.58 Å². The van der Waals surface area contributed by atoms with Gasteiger partial charge in [0.05, 0.1) is 24.5 Å². The smallest absolute Gasteiger partial charge is 0.317 e. The zero-order valence-corrected chi connectivity index (χ0v) is 19.9. The fourth-order valence-corrected chi connectivity index (χ4v) is 4.40. The highest BCUT2D eigenvalue weighted by Crippen LogP contribution is 2.24. The number of fused-ring (bicyclic) bond motifs is 1. The van der Waals surface area contributed by atoms with E-state index in [1.54, 1.807) is 6.33 Å². The molecule has 3 aromatic heterocycles. The number of unbranched alkanes of at least 4 members (excludes halogenated alkanes) is 1. The molecule has 2 atom stereocenters. The zero-order chi connectivity index (χ0) is 23.9. The van der Waals surface area contributed by atoms with E-state index >= 15 is 0 Å². The molecule has 1 saturated heterocycles. The SMILES string of the molecule is CC[C@@H](C)NC(=O)N1CCN([C@@H](CCCC#N)Cn2cc(-c3ncnc4[nH]ccc34)cn2)CC1. The quantitative estimate of drug-likeness (QED) is 0.471. The number of piperazine rings is 1. The number of aromatic amines is 1. The number of nitrogens with zero attached hydrogens (tertiary/aromatic N) is 7. The van der Waals surface area contributed by atoms with Gasteiger partial charge >= 0.3 is 6.03 Å². The van der Waals surface area contributed by atoms with E-state index in [9.17, 15) is 4.79 Å². The Morgan fingerprint density at radius 1 is 1.29 bits per heavy atom. The van der Waals surface area contributed by atoms with Gasteiger partial charge in [-0.25, -0.2) is 14.8 Å². The van der Waals surface area contributed by atoms with Crippen molar-refractivity contribution in [2.75, 3.05) is 26.2 Å². The first kappa shape index (κ1) is 23.7. The standard InChI is InChI=1S/C24H33N9O/c1-3-18(2)30-24(34)32-12-10-31(11-13-32)20(6-4-5-8-25)16-33-15-19(14-29-33)22-21-7-9-26-23(21)28-17-27-22/h7,9,14-15,17-18,20H,3-6,10-13,16H2,1-2H3,(H,30,34)(H,26,27,28)/t18-,20+/m1/s1. The molecule has 180 valence electrons. The molecule has 10 nitrogen and oxygen atoms in total. The van der Waals surface area contributed by atoms with Crippen LogP contribution in [0.3, 0.4) is 0 Å². The first-order valence-electron chi connectivity index (χ1n) is 12.1. The Bertz CT molecular complexity index is 1120. The van der Waals surface area contributed by atoms with E-state index in [0.717, 1.165) is 61.2 Å². The number of rotatable bonds is 9. The average molecular weight is 464 g/mol. The van der Waals surface area contributed by atoms with Gasteiger partial charge in [0, 0.05) is 68.0 Å². The number of urea groups is 1. The number of hydrogen-bond donors (Lipinski definition) is 2. The predicted octanol–water partition coefficient (Wildman–Crippen LogP) is 3.01. The van der Waals surface area contributed by atoms with Crippen LogP contribution in [0.25, 0.3) is 22.3 Å². The molecule has 0 aliphatic carbocycles. The Labute approximate surface area is 200 Å². The Morgan fingerprint density at radius 2 is 2.12 bits per heavy atom. The maximum absolute atomic E-state index is 12.5. The predicted molar refractivity (Wildman–Crippen MR) is 130 cm³/mol.